The maximum absolute atomic E-state index is 4.06. The van der Waals surface area contributed by atoms with Crippen molar-refractivity contribution in [3.05, 3.63) is 24.3 Å². The second kappa shape index (κ2) is 3.27. The van der Waals surface area contributed by atoms with Crippen LogP contribution in [-0.4, -0.2) is 29.0 Å². The molecule has 1 aromatic rings. The van der Waals surface area contributed by atoms with E-state index in [1.165, 1.54) is 0 Å². The van der Waals surface area contributed by atoms with E-state index in [1.807, 2.05) is 19.0 Å². The van der Waals surface area contributed by atoms with Gasteiger partial charge in [-0.15, -0.1) is 0 Å². The van der Waals surface area contributed by atoms with Crippen molar-refractivity contribution in [1.82, 2.24) is 14.9 Å². The van der Waals surface area contributed by atoms with Crippen LogP contribution < -0.4 is 0 Å². The highest BCUT2D eigenvalue weighted by atomic mass is 15.1. The van der Waals surface area contributed by atoms with E-state index in [2.05, 4.69) is 16.2 Å². The summed E-state index contributed by atoms with van der Waals surface area (Å²) in [5, 5.41) is 0. The summed E-state index contributed by atoms with van der Waals surface area (Å²) in [6.07, 6.45) is 6.10. The average Bonchev–Trinajstić information content (AvgIpc) is 1.88. The Morgan fingerprint density at radius 3 is 2.80 bits per heavy atom. The molecule has 3 nitrogen and oxygen atoms in total. The molecule has 0 aliphatic rings. The maximum atomic E-state index is 4.06. The summed E-state index contributed by atoms with van der Waals surface area (Å²) in [5.41, 5.74) is 0.882. The lowest BCUT2D eigenvalue weighted by Crippen LogP contribution is -2.11. The zero-order valence-corrected chi connectivity index (χ0v) is 6.20. The van der Waals surface area contributed by atoms with Gasteiger partial charge in [0.2, 0.25) is 0 Å². The topological polar surface area (TPSA) is 29.0 Å². The molecule has 0 spiro atoms. The Morgan fingerprint density at radius 1 is 1.50 bits per heavy atom. The molecule has 0 bridgehead atoms. The third kappa shape index (κ3) is 2.11. The molecule has 1 rings (SSSR count). The van der Waals surface area contributed by atoms with Crippen LogP contribution in [0.1, 0.15) is 5.69 Å². The number of hydrogen-bond donors (Lipinski definition) is 0. The van der Waals surface area contributed by atoms with Crippen molar-refractivity contribution in [3.63, 3.8) is 0 Å². The predicted molar refractivity (Wildman–Crippen MR) is 38.3 cm³/mol. The molecule has 0 fully saturated rings. The lowest BCUT2D eigenvalue weighted by Gasteiger charge is -2.06. The first-order chi connectivity index (χ1) is 4.79. The number of aromatic nitrogens is 2. The smallest absolute Gasteiger partial charge is 0.113 e. The molecule has 0 aromatic carbocycles. The first kappa shape index (κ1) is 7.15. The van der Waals surface area contributed by atoms with Gasteiger partial charge in [0.1, 0.15) is 6.20 Å². The summed E-state index contributed by atoms with van der Waals surface area (Å²) in [7, 11) is 3.98. The van der Waals surface area contributed by atoms with Gasteiger partial charge in [-0.05, 0) is 14.1 Å². The van der Waals surface area contributed by atoms with Crippen molar-refractivity contribution in [2.45, 2.75) is 6.54 Å². The summed E-state index contributed by atoms with van der Waals surface area (Å²) < 4.78 is 0. The van der Waals surface area contributed by atoms with Gasteiger partial charge in [-0.25, -0.2) is 0 Å². The Bertz CT molecular complexity index is 183. The fourth-order valence-electron chi connectivity index (χ4n) is 0.673. The molecule has 0 aliphatic carbocycles. The van der Waals surface area contributed by atoms with Crippen LogP contribution in [0.15, 0.2) is 12.4 Å². The molecular weight excluding hydrogens is 126 g/mol. The van der Waals surface area contributed by atoms with Crippen LogP contribution in [0.4, 0.5) is 0 Å². The van der Waals surface area contributed by atoms with Crippen molar-refractivity contribution >= 4 is 0 Å². The van der Waals surface area contributed by atoms with Gasteiger partial charge in [0.25, 0.3) is 0 Å². The van der Waals surface area contributed by atoms with Crippen molar-refractivity contribution in [2.75, 3.05) is 14.1 Å². The number of rotatable bonds is 2. The van der Waals surface area contributed by atoms with Crippen molar-refractivity contribution in [3.8, 4) is 0 Å². The van der Waals surface area contributed by atoms with Gasteiger partial charge < -0.3 is 4.90 Å². The van der Waals surface area contributed by atoms with Crippen molar-refractivity contribution in [2.24, 2.45) is 0 Å². The maximum Gasteiger partial charge on any atom is 0.113 e. The van der Waals surface area contributed by atoms with E-state index in [0.29, 0.717) is 0 Å². The molecule has 53 valence electrons. The predicted octanol–water partition coefficient (Wildman–Crippen LogP) is 0.338. The van der Waals surface area contributed by atoms with Crippen LogP contribution in [0.3, 0.4) is 0 Å². The van der Waals surface area contributed by atoms with E-state index in [0.717, 1.165) is 12.2 Å². The summed E-state index contributed by atoms with van der Waals surface area (Å²) in [6.45, 7) is 0.799. The van der Waals surface area contributed by atoms with E-state index in [-0.39, 0.29) is 0 Å². The second-order valence-corrected chi connectivity index (χ2v) is 2.35. The fourth-order valence-corrected chi connectivity index (χ4v) is 0.673. The molecule has 1 heterocycles. The highest BCUT2D eigenvalue weighted by Crippen LogP contribution is 1.91. The number of nitrogens with zero attached hydrogens (tertiary/aromatic N) is 3. The first-order valence-corrected chi connectivity index (χ1v) is 3.11. The largest absolute Gasteiger partial charge is 0.303 e. The van der Waals surface area contributed by atoms with Crippen LogP contribution in [0.5, 0.6) is 0 Å². The van der Waals surface area contributed by atoms with Gasteiger partial charge in [0.05, 0.1) is 5.69 Å². The van der Waals surface area contributed by atoms with Gasteiger partial charge in [-0.1, -0.05) is 0 Å². The van der Waals surface area contributed by atoms with Gasteiger partial charge >= 0.3 is 0 Å². The molecule has 1 radical (unpaired) electrons. The molecule has 0 unspecified atom stereocenters. The first-order valence-electron chi connectivity index (χ1n) is 3.11. The van der Waals surface area contributed by atoms with Crippen LogP contribution in [-0.2, 0) is 6.54 Å². The van der Waals surface area contributed by atoms with E-state index < -0.39 is 0 Å². The molecule has 10 heavy (non-hydrogen) atoms. The monoisotopic (exact) mass is 136 g/mol. The average molecular weight is 136 g/mol. The van der Waals surface area contributed by atoms with E-state index in [1.54, 1.807) is 12.4 Å². The molecule has 0 aliphatic heterocycles. The molecule has 0 N–H and O–H groups in total. The Balaban J connectivity index is 2.59. The van der Waals surface area contributed by atoms with Crippen LogP contribution >= 0.6 is 0 Å². The molecule has 0 atom stereocenters. The Hall–Kier alpha value is -0.960. The fraction of sp³-hybridized carbons (Fsp3) is 0.429. The Morgan fingerprint density at radius 2 is 2.30 bits per heavy atom. The van der Waals surface area contributed by atoms with Gasteiger partial charge in [-0.2, -0.15) is 0 Å². The van der Waals surface area contributed by atoms with Gasteiger partial charge in [0, 0.05) is 18.9 Å². The van der Waals surface area contributed by atoms with Gasteiger partial charge in [-0.3, -0.25) is 9.97 Å². The Labute approximate surface area is 60.7 Å². The van der Waals surface area contributed by atoms with Crippen LogP contribution in [0, 0.1) is 6.20 Å². The zero-order valence-electron chi connectivity index (χ0n) is 6.20. The van der Waals surface area contributed by atoms with E-state index >= 15 is 0 Å². The summed E-state index contributed by atoms with van der Waals surface area (Å²) in [5.74, 6) is 0. The lowest BCUT2D eigenvalue weighted by molar-refractivity contribution is 0.395. The summed E-state index contributed by atoms with van der Waals surface area (Å²) in [6, 6.07) is 0. The lowest BCUT2D eigenvalue weighted by atomic mass is 10.4. The van der Waals surface area contributed by atoms with E-state index in [9.17, 15) is 0 Å². The minimum absolute atomic E-state index is 0.799. The molecule has 0 saturated carbocycles. The second-order valence-electron chi connectivity index (χ2n) is 2.35. The van der Waals surface area contributed by atoms with Crippen LogP contribution in [0.25, 0.3) is 0 Å². The Kier molecular flexibility index (Phi) is 2.34. The zero-order chi connectivity index (χ0) is 7.40. The van der Waals surface area contributed by atoms with Crippen molar-refractivity contribution in [1.29, 1.82) is 0 Å². The standard InChI is InChI=1S/C7H10N3/c1-10(2)6-7-5-8-3-4-9-7/h3-4H,6H2,1-2H3. The molecule has 0 saturated heterocycles. The third-order valence-electron chi connectivity index (χ3n) is 1.03. The molecule has 3 heteroatoms. The third-order valence-corrected chi connectivity index (χ3v) is 1.03. The summed E-state index contributed by atoms with van der Waals surface area (Å²) in [4.78, 5) is 9.91. The highest BCUT2D eigenvalue weighted by Gasteiger charge is 1.93. The van der Waals surface area contributed by atoms with Crippen LogP contribution in [0.2, 0.25) is 0 Å². The quantitative estimate of drug-likeness (QED) is 0.587. The molecular formula is C7H10N3. The van der Waals surface area contributed by atoms with E-state index in [4.69, 9.17) is 0 Å². The SMILES string of the molecule is CN(C)Cc1[c]nccn1. The normalized spacial score (nSPS) is 10.3. The molecule has 1 aromatic heterocycles. The molecule has 0 amide bonds. The summed E-state index contributed by atoms with van der Waals surface area (Å²) >= 11 is 0. The minimum atomic E-state index is 0.799. The highest BCUT2D eigenvalue weighted by molar-refractivity contribution is 4.91. The number of hydrogen-bond acceptors (Lipinski definition) is 3. The van der Waals surface area contributed by atoms with Crippen molar-refractivity contribution < 1.29 is 0 Å². The minimum Gasteiger partial charge on any atom is -0.303 e. The van der Waals surface area contributed by atoms with Gasteiger partial charge in [0.15, 0.2) is 0 Å².